The van der Waals surface area contributed by atoms with Crippen molar-refractivity contribution in [2.24, 2.45) is 0 Å². The number of anilines is 1. The molecule has 0 fully saturated rings. The number of nitrogens with one attached hydrogen (secondary N) is 1. The average molecular weight is 333 g/mol. The number of nitrogens with zero attached hydrogens (tertiary/aromatic N) is 2. The fourth-order valence-corrected chi connectivity index (χ4v) is 3.71. The molecule has 0 saturated heterocycles. The lowest BCUT2D eigenvalue weighted by Crippen LogP contribution is -2.10. The molecule has 2 heterocycles. The lowest BCUT2D eigenvalue weighted by Gasteiger charge is -1.98. The zero-order valence-corrected chi connectivity index (χ0v) is 12.9. The van der Waals surface area contributed by atoms with Crippen LogP contribution in [0.5, 0.6) is 0 Å². The van der Waals surface area contributed by atoms with Crippen LogP contribution in [0, 0.1) is 0 Å². The highest BCUT2D eigenvalue weighted by molar-refractivity contribution is 7.86. The SMILES string of the molecule is O=C(Nc1nnc([S@](=O)Cc2ccccc2)s1)c1ccco1. The van der Waals surface area contributed by atoms with Gasteiger partial charge >= 0.3 is 0 Å². The van der Waals surface area contributed by atoms with Crippen LogP contribution in [0.3, 0.4) is 0 Å². The molecular weight excluding hydrogens is 322 g/mol. The van der Waals surface area contributed by atoms with Crippen molar-refractivity contribution >= 4 is 33.2 Å². The van der Waals surface area contributed by atoms with Crippen molar-refractivity contribution in [3.63, 3.8) is 0 Å². The van der Waals surface area contributed by atoms with Gasteiger partial charge in [-0.1, -0.05) is 41.7 Å². The first-order valence-corrected chi connectivity index (χ1v) is 8.46. The van der Waals surface area contributed by atoms with Crippen LogP contribution in [0.25, 0.3) is 0 Å². The fourth-order valence-electron chi connectivity index (χ4n) is 1.71. The summed E-state index contributed by atoms with van der Waals surface area (Å²) >= 11 is 1.09. The first-order chi connectivity index (χ1) is 10.7. The number of hydrogen-bond acceptors (Lipinski definition) is 6. The molecule has 0 spiro atoms. The molecule has 1 N–H and O–H groups in total. The minimum atomic E-state index is -1.29. The molecule has 6 nitrogen and oxygen atoms in total. The van der Waals surface area contributed by atoms with E-state index in [-0.39, 0.29) is 10.9 Å². The summed E-state index contributed by atoms with van der Waals surface area (Å²) in [7, 11) is -1.29. The number of carbonyl (C=O) groups excluding carboxylic acids is 1. The van der Waals surface area contributed by atoms with E-state index in [2.05, 4.69) is 15.5 Å². The second-order valence-corrected chi connectivity index (χ2v) is 6.88. The van der Waals surface area contributed by atoms with E-state index in [0.29, 0.717) is 10.1 Å². The molecule has 0 radical (unpaired) electrons. The largest absolute Gasteiger partial charge is 0.459 e. The van der Waals surface area contributed by atoms with E-state index in [1.165, 1.54) is 6.26 Å². The monoisotopic (exact) mass is 333 g/mol. The quantitative estimate of drug-likeness (QED) is 0.726. The van der Waals surface area contributed by atoms with Crippen molar-refractivity contribution in [1.82, 2.24) is 10.2 Å². The number of carbonyl (C=O) groups is 1. The lowest BCUT2D eigenvalue weighted by molar-refractivity contribution is 0.0996. The maximum Gasteiger partial charge on any atom is 0.293 e. The molecule has 0 aliphatic carbocycles. The van der Waals surface area contributed by atoms with Gasteiger partial charge in [-0.3, -0.25) is 14.3 Å². The molecule has 0 saturated carbocycles. The Labute approximate surface area is 132 Å². The number of rotatable bonds is 5. The predicted octanol–water partition coefficient (Wildman–Crippen LogP) is 2.69. The van der Waals surface area contributed by atoms with Crippen LogP contribution in [0.2, 0.25) is 0 Å². The molecule has 1 atom stereocenters. The third kappa shape index (κ3) is 3.46. The summed E-state index contributed by atoms with van der Waals surface area (Å²) in [5, 5.41) is 10.6. The van der Waals surface area contributed by atoms with Crippen molar-refractivity contribution in [3.8, 4) is 0 Å². The maximum atomic E-state index is 12.2. The van der Waals surface area contributed by atoms with Gasteiger partial charge in [-0.2, -0.15) is 0 Å². The van der Waals surface area contributed by atoms with Crippen LogP contribution in [0.15, 0.2) is 57.5 Å². The fraction of sp³-hybridized carbons (Fsp3) is 0.0714. The molecule has 22 heavy (non-hydrogen) atoms. The van der Waals surface area contributed by atoms with E-state index in [1.54, 1.807) is 12.1 Å². The standard InChI is InChI=1S/C14H11N3O3S2/c18-12(11-7-4-8-20-11)15-13-16-17-14(21-13)22(19)9-10-5-2-1-3-6-10/h1-8H,9H2,(H,15,16,18)/t22-/m1/s1. The van der Waals surface area contributed by atoms with Crippen molar-refractivity contribution in [2.45, 2.75) is 10.1 Å². The number of aromatic nitrogens is 2. The molecule has 3 aromatic rings. The Kier molecular flexibility index (Phi) is 4.40. The molecule has 2 aromatic heterocycles. The summed E-state index contributed by atoms with van der Waals surface area (Å²) in [6, 6.07) is 12.7. The molecule has 0 bridgehead atoms. The smallest absolute Gasteiger partial charge is 0.293 e. The Morgan fingerprint density at radius 1 is 1.18 bits per heavy atom. The Bertz CT molecular complexity index is 785. The molecular formula is C14H11N3O3S2. The summed E-state index contributed by atoms with van der Waals surface area (Å²) in [4.78, 5) is 11.8. The van der Waals surface area contributed by atoms with Gasteiger partial charge in [0, 0.05) is 0 Å². The highest BCUT2D eigenvalue weighted by atomic mass is 32.2. The van der Waals surface area contributed by atoms with Crippen LogP contribution < -0.4 is 5.32 Å². The van der Waals surface area contributed by atoms with Gasteiger partial charge in [-0.05, 0) is 17.7 Å². The van der Waals surface area contributed by atoms with Crippen molar-refractivity contribution in [3.05, 3.63) is 60.1 Å². The van der Waals surface area contributed by atoms with Crippen LogP contribution in [-0.4, -0.2) is 20.3 Å². The second kappa shape index (κ2) is 6.63. The van der Waals surface area contributed by atoms with Crippen molar-refractivity contribution < 1.29 is 13.4 Å². The number of amides is 1. The molecule has 1 aromatic carbocycles. The lowest BCUT2D eigenvalue weighted by atomic mass is 10.2. The van der Waals surface area contributed by atoms with Crippen LogP contribution in [-0.2, 0) is 16.6 Å². The summed E-state index contributed by atoms with van der Waals surface area (Å²) in [6.45, 7) is 0. The normalized spacial score (nSPS) is 12.0. The second-order valence-electron chi connectivity index (χ2n) is 4.28. The molecule has 0 unspecified atom stereocenters. The molecule has 112 valence electrons. The average Bonchev–Trinajstić information content (AvgIpc) is 3.19. The predicted molar refractivity (Wildman–Crippen MR) is 83.1 cm³/mol. The highest BCUT2D eigenvalue weighted by Crippen LogP contribution is 2.21. The van der Waals surface area contributed by atoms with Gasteiger partial charge in [0.05, 0.1) is 22.8 Å². The van der Waals surface area contributed by atoms with Crippen LogP contribution >= 0.6 is 11.3 Å². The van der Waals surface area contributed by atoms with Crippen LogP contribution in [0.4, 0.5) is 5.13 Å². The number of furan rings is 1. The highest BCUT2D eigenvalue weighted by Gasteiger charge is 2.15. The minimum absolute atomic E-state index is 0.183. The molecule has 0 aliphatic rings. The van der Waals surface area contributed by atoms with Gasteiger partial charge in [0.1, 0.15) is 0 Å². The van der Waals surface area contributed by atoms with Gasteiger partial charge in [-0.25, -0.2) is 0 Å². The van der Waals surface area contributed by atoms with Crippen molar-refractivity contribution in [1.29, 1.82) is 0 Å². The van der Waals surface area contributed by atoms with Gasteiger partial charge in [0.25, 0.3) is 5.91 Å². The summed E-state index contributed by atoms with van der Waals surface area (Å²) in [6.07, 6.45) is 1.41. The summed E-state index contributed by atoms with van der Waals surface area (Å²) in [5.41, 5.74) is 0.956. The molecule has 1 amide bonds. The molecule has 3 rings (SSSR count). The topological polar surface area (TPSA) is 85.1 Å². The maximum absolute atomic E-state index is 12.2. The third-order valence-corrected chi connectivity index (χ3v) is 5.21. The Morgan fingerprint density at radius 3 is 2.73 bits per heavy atom. The summed E-state index contributed by atoms with van der Waals surface area (Å²) in [5.74, 6) is 0.130. The Morgan fingerprint density at radius 2 is 2.00 bits per heavy atom. The third-order valence-electron chi connectivity index (χ3n) is 2.71. The van der Waals surface area contributed by atoms with Gasteiger partial charge in [0.2, 0.25) is 9.47 Å². The van der Waals surface area contributed by atoms with Gasteiger partial charge < -0.3 is 4.42 Å². The van der Waals surface area contributed by atoms with E-state index in [0.717, 1.165) is 16.9 Å². The zero-order chi connectivity index (χ0) is 15.4. The number of benzene rings is 1. The zero-order valence-electron chi connectivity index (χ0n) is 11.3. The first kappa shape index (κ1) is 14.6. The van der Waals surface area contributed by atoms with E-state index in [1.807, 2.05) is 30.3 Å². The van der Waals surface area contributed by atoms with Gasteiger partial charge in [0.15, 0.2) is 5.76 Å². The minimum Gasteiger partial charge on any atom is -0.459 e. The first-order valence-electron chi connectivity index (χ1n) is 6.33. The van der Waals surface area contributed by atoms with Gasteiger partial charge in [-0.15, -0.1) is 10.2 Å². The molecule has 8 heteroatoms. The van der Waals surface area contributed by atoms with E-state index < -0.39 is 16.7 Å². The van der Waals surface area contributed by atoms with E-state index >= 15 is 0 Å². The summed E-state index contributed by atoms with van der Waals surface area (Å²) < 4.78 is 17.6. The Hall–Kier alpha value is -2.32. The Balaban J connectivity index is 1.66. The number of hydrogen-bond donors (Lipinski definition) is 1. The van der Waals surface area contributed by atoms with Crippen molar-refractivity contribution in [2.75, 3.05) is 5.32 Å². The molecule has 0 aliphatic heterocycles. The van der Waals surface area contributed by atoms with E-state index in [9.17, 15) is 9.00 Å². The van der Waals surface area contributed by atoms with Crippen LogP contribution in [0.1, 0.15) is 16.1 Å². The van der Waals surface area contributed by atoms with E-state index in [4.69, 9.17) is 4.42 Å².